The van der Waals surface area contributed by atoms with Crippen LogP contribution in [0.3, 0.4) is 0 Å². The second kappa shape index (κ2) is 6.70. The quantitative estimate of drug-likeness (QED) is 0.419. The number of hydrogen-bond donors (Lipinski definition) is 0. The summed E-state index contributed by atoms with van der Waals surface area (Å²) in [6, 6.07) is 1.72. The lowest BCUT2D eigenvalue weighted by molar-refractivity contribution is -0.137. The molecule has 0 fully saturated rings. The standard InChI is InChI=1S/C11H14N2O2/c1-2-3-9-15-11(14)6-5-10-12-7-4-8-13-10/h4-8H,2-3,9H2,1H3. The Kier molecular flexibility index (Phi) is 5.08. The number of carbonyl (C=O) groups excluding carboxylic acids is 1. The van der Waals surface area contributed by atoms with Gasteiger partial charge in [0.2, 0.25) is 0 Å². The summed E-state index contributed by atoms with van der Waals surface area (Å²) in [4.78, 5) is 19.0. The van der Waals surface area contributed by atoms with Crippen LogP contribution < -0.4 is 0 Å². The highest BCUT2D eigenvalue weighted by atomic mass is 16.5. The normalized spacial score (nSPS) is 10.5. The van der Waals surface area contributed by atoms with Crippen LogP contribution in [0, 0.1) is 0 Å². The first-order chi connectivity index (χ1) is 7.33. The van der Waals surface area contributed by atoms with Crippen molar-refractivity contribution in [1.82, 2.24) is 9.97 Å². The van der Waals surface area contributed by atoms with Crippen LogP contribution in [-0.4, -0.2) is 22.5 Å². The lowest BCUT2D eigenvalue weighted by Crippen LogP contribution is -2.01. The van der Waals surface area contributed by atoms with E-state index >= 15 is 0 Å². The molecule has 0 bridgehead atoms. The van der Waals surface area contributed by atoms with Crippen molar-refractivity contribution in [3.05, 3.63) is 30.4 Å². The van der Waals surface area contributed by atoms with Gasteiger partial charge in [-0.15, -0.1) is 0 Å². The average molecular weight is 206 g/mol. The maximum atomic E-state index is 11.1. The van der Waals surface area contributed by atoms with Crippen LogP contribution in [0.5, 0.6) is 0 Å². The maximum absolute atomic E-state index is 11.1. The molecule has 0 saturated carbocycles. The van der Waals surface area contributed by atoms with Gasteiger partial charge in [0.1, 0.15) is 0 Å². The molecule has 0 atom stereocenters. The van der Waals surface area contributed by atoms with Gasteiger partial charge < -0.3 is 4.74 Å². The fourth-order valence-corrected chi connectivity index (χ4v) is 0.904. The van der Waals surface area contributed by atoms with Crippen LogP contribution in [0.15, 0.2) is 24.5 Å². The Balaban J connectivity index is 2.34. The summed E-state index contributed by atoms with van der Waals surface area (Å²) in [6.45, 7) is 2.51. The summed E-state index contributed by atoms with van der Waals surface area (Å²) in [5.41, 5.74) is 0. The minimum absolute atomic E-state index is 0.351. The van der Waals surface area contributed by atoms with Crippen LogP contribution in [0.25, 0.3) is 6.08 Å². The van der Waals surface area contributed by atoms with Gasteiger partial charge in [-0.25, -0.2) is 14.8 Å². The average Bonchev–Trinajstić information content (AvgIpc) is 2.28. The summed E-state index contributed by atoms with van der Waals surface area (Å²) < 4.78 is 4.92. The molecule has 4 heteroatoms. The number of aromatic nitrogens is 2. The second-order valence-corrected chi connectivity index (χ2v) is 2.96. The summed E-state index contributed by atoms with van der Waals surface area (Å²) in [5.74, 6) is 0.154. The molecule has 0 amide bonds. The number of ether oxygens (including phenoxy) is 1. The predicted octanol–water partition coefficient (Wildman–Crippen LogP) is 1.83. The molecule has 0 aromatic carbocycles. The van der Waals surface area contributed by atoms with Crippen LogP contribution >= 0.6 is 0 Å². The molecule has 0 aliphatic rings. The molecule has 1 aromatic heterocycles. The number of rotatable bonds is 5. The Morgan fingerprint density at radius 1 is 1.47 bits per heavy atom. The third-order valence-corrected chi connectivity index (χ3v) is 1.70. The maximum Gasteiger partial charge on any atom is 0.330 e. The molecule has 0 aliphatic carbocycles. The van der Waals surface area contributed by atoms with E-state index in [-0.39, 0.29) is 5.97 Å². The van der Waals surface area contributed by atoms with Gasteiger partial charge in [-0.1, -0.05) is 13.3 Å². The zero-order chi connectivity index (χ0) is 10.9. The molecule has 0 aliphatic heterocycles. The third-order valence-electron chi connectivity index (χ3n) is 1.70. The van der Waals surface area contributed by atoms with Gasteiger partial charge in [0.25, 0.3) is 0 Å². The predicted molar refractivity (Wildman–Crippen MR) is 56.9 cm³/mol. The van der Waals surface area contributed by atoms with E-state index in [2.05, 4.69) is 9.97 Å². The van der Waals surface area contributed by atoms with E-state index < -0.39 is 0 Å². The van der Waals surface area contributed by atoms with Gasteiger partial charge in [-0.2, -0.15) is 0 Å². The molecule has 1 aromatic rings. The van der Waals surface area contributed by atoms with Crippen molar-refractivity contribution in [2.45, 2.75) is 19.8 Å². The number of carbonyl (C=O) groups is 1. The van der Waals surface area contributed by atoms with Gasteiger partial charge >= 0.3 is 5.97 Å². The van der Waals surface area contributed by atoms with E-state index in [0.717, 1.165) is 12.8 Å². The second-order valence-electron chi connectivity index (χ2n) is 2.96. The van der Waals surface area contributed by atoms with Crippen LogP contribution in [0.1, 0.15) is 25.6 Å². The van der Waals surface area contributed by atoms with Gasteiger partial charge in [0, 0.05) is 18.5 Å². The zero-order valence-electron chi connectivity index (χ0n) is 8.72. The minimum Gasteiger partial charge on any atom is -0.463 e. The molecule has 0 unspecified atom stereocenters. The van der Waals surface area contributed by atoms with Crippen molar-refractivity contribution in [1.29, 1.82) is 0 Å². The van der Waals surface area contributed by atoms with Crippen LogP contribution in [0.2, 0.25) is 0 Å². The highest BCUT2D eigenvalue weighted by Gasteiger charge is 1.96. The molecule has 0 spiro atoms. The molecular formula is C11H14N2O2. The first-order valence-electron chi connectivity index (χ1n) is 4.94. The first kappa shape index (κ1) is 11.4. The Morgan fingerprint density at radius 3 is 2.87 bits per heavy atom. The molecule has 0 N–H and O–H groups in total. The van der Waals surface area contributed by atoms with E-state index in [4.69, 9.17) is 4.74 Å². The zero-order valence-corrected chi connectivity index (χ0v) is 8.72. The smallest absolute Gasteiger partial charge is 0.330 e. The Labute approximate surface area is 89.0 Å². The van der Waals surface area contributed by atoms with Crippen LogP contribution in [-0.2, 0) is 9.53 Å². The van der Waals surface area contributed by atoms with Crippen LogP contribution in [0.4, 0.5) is 0 Å². The van der Waals surface area contributed by atoms with Gasteiger partial charge in [-0.05, 0) is 18.6 Å². The molecule has 4 nitrogen and oxygen atoms in total. The highest BCUT2D eigenvalue weighted by Crippen LogP contribution is 1.94. The lowest BCUT2D eigenvalue weighted by atomic mass is 10.4. The SMILES string of the molecule is CCCCOC(=O)C=Cc1ncccn1. The first-order valence-corrected chi connectivity index (χ1v) is 4.94. The van der Waals surface area contributed by atoms with Gasteiger partial charge in [-0.3, -0.25) is 0 Å². The fraction of sp³-hybridized carbons (Fsp3) is 0.364. The fourth-order valence-electron chi connectivity index (χ4n) is 0.904. The van der Waals surface area contributed by atoms with E-state index in [0.29, 0.717) is 12.4 Å². The summed E-state index contributed by atoms with van der Waals surface area (Å²) in [7, 11) is 0. The lowest BCUT2D eigenvalue weighted by Gasteiger charge is -1.98. The molecule has 1 rings (SSSR count). The molecule has 0 radical (unpaired) electrons. The minimum atomic E-state index is -0.351. The summed E-state index contributed by atoms with van der Waals surface area (Å²) in [5, 5.41) is 0. The van der Waals surface area contributed by atoms with Crippen molar-refractivity contribution >= 4 is 12.0 Å². The van der Waals surface area contributed by atoms with Gasteiger partial charge in [0.15, 0.2) is 5.82 Å². The topological polar surface area (TPSA) is 52.1 Å². The number of unbranched alkanes of at least 4 members (excludes halogenated alkanes) is 1. The van der Waals surface area contributed by atoms with E-state index in [1.165, 1.54) is 12.2 Å². The monoisotopic (exact) mass is 206 g/mol. The molecule has 80 valence electrons. The van der Waals surface area contributed by atoms with E-state index in [9.17, 15) is 4.79 Å². The van der Waals surface area contributed by atoms with Crippen molar-refractivity contribution in [2.75, 3.05) is 6.61 Å². The largest absolute Gasteiger partial charge is 0.463 e. The summed E-state index contributed by atoms with van der Waals surface area (Å²) in [6.07, 6.45) is 8.02. The summed E-state index contributed by atoms with van der Waals surface area (Å²) >= 11 is 0. The molecule has 0 saturated heterocycles. The number of nitrogens with zero attached hydrogens (tertiary/aromatic N) is 2. The van der Waals surface area contributed by atoms with Crippen molar-refractivity contribution in [2.24, 2.45) is 0 Å². The highest BCUT2D eigenvalue weighted by molar-refractivity contribution is 5.86. The Morgan fingerprint density at radius 2 is 2.20 bits per heavy atom. The molecule has 1 heterocycles. The molecular weight excluding hydrogens is 192 g/mol. The van der Waals surface area contributed by atoms with Crippen molar-refractivity contribution in [3.8, 4) is 0 Å². The molecule has 15 heavy (non-hydrogen) atoms. The van der Waals surface area contributed by atoms with Crippen molar-refractivity contribution < 1.29 is 9.53 Å². The Hall–Kier alpha value is -1.71. The van der Waals surface area contributed by atoms with Gasteiger partial charge in [0.05, 0.1) is 6.61 Å². The van der Waals surface area contributed by atoms with E-state index in [1.807, 2.05) is 6.92 Å². The van der Waals surface area contributed by atoms with E-state index in [1.54, 1.807) is 18.5 Å². The number of hydrogen-bond acceptors (Lipinski definition) is 4. The third kappa shape index (κ3) is 4.90. The Bertz CT molecular complexity index is 323. The van der Waals surface area contributed by atoms with Crippen molar-refractivity contribution in [3.63, 3.8) is 0 Å². The number of esters is 1.